The molecule has 1 aliphatic heterocycles. The molecule has 1 fully saturated rings. The van der Waals surface area contributed by atoms with Gasteiger partial charge in [0.25, 0.3) is 0 Å². The topological polar surface area (TPSA) is 72.9 Å². The molecule has 23 heavy (non-hydrogen) atoms. The lowest BCUT2D eigenvalue weighted by molar-refractivity contribution is -0.145. The summed E-state index contributed by atoms with van der Waals surface area (Å²) in [6.07, 6.45) is 2.49. The molecular weight excluding hydrogens is 294 g/mol. The molecule has 0 aromatic rings. The molecule has 1 atom stereocenters. The smallest absolute Gasteiger partial charge is 0.326 e. The molecule has 1 amide bonds. The van der Waals surface area contributed by atoms with E-state index in [4.69, 9.17) is 0 Å². The van der Waals surface area contributed by atoms with Crippen molar-refractivity contribution in [1.82, 2.24) is 15.1 Å². The summed E-state index contributed by atoms with van der Waals surface area (Å²) in [4.78, 5) is 28.4. The second-order valence-corrected chi connectivity index (χ2v) is 7.70. The summed E-state index contributed by atoms with van der Waals surface area (Å²) in [7, 11) is 4.07. The number of likely N-dealkylation sites (tertiary alicyclic amines) is 1. The van der Waals surface area contributed by atoms with Crippen LogP contribution in [0.25, 0.3) is 0 Å². The highest BCUT2D eigenvalue weighted by atomic mass is 16.4. The molecule has 1 rings (SSSR count). The molecule has 1 unspecified atom stereocenters. The third-order valence-corrected chi connectivity index (χ3v) is 4.98. The lowest BCUT2D eigenvalue weighted by atomic mass is 9.94. The molecule has 6 heteroatoms. The lowest BCUT2D eigenvalue weighted by Gasteiger charge is -2.43. The fourth-order valence-corrected chi connectivity index (χ4v) is 3.03. The molecule has 0 radical (unpaired) electrons. The number of amides is 1. The van der Waals surface area contributed by atoms with Crippen LogP contribution in [0.4, 0.5) is 0 Å². The highest BCUT2D eigenvalue weighted by Crippen LogP contribution is 2.23. The second-order valence-electron chi connectivity index (χ2n) is 7.70. The van der Waals surface area contributed by atoms with Gasteiger partial charge in [0.1, 0.15) is 6.04 Å². The van der Waals surface area contributed by atoms with Gasteiger partial charge in [-0.1, -0.05) is 13.8 Å². The average Bonchev–Trinajstić information content (AvgIpc) is 2.45. The monoisotopic (exact) mass is 327 g/mol. The number of hydrogen-bond donors (Lipinski definition) is 2. The van der Waals surface area contributed by atoms with Gasteiger partial charge in [0.05, 0.1) is 5.54 Å². The fourth-order valence-electron chi connectivity index (χ4n) is 3.03. The van der Waals surface area contributed by atoms with Gasteiger partial charge in [-0.25, -0.2) is 4.79 Å². The van der Waals surface area contributed by atoms with Crippen molar-refractivity contribution >= 4 is 11.9 Å². The summed E-state index contributed by atoms with van der Waals surface area (Å²) in [6, 6.07) is -0.479. The Bertz CT molecular complexity index is 415. The number of nitrogens with one attached hydrogen (secondary N) is 1. The predicted octanol–water partition coefficient (Wildman–Crippen LogP) is 1.41. The Morgan fingerprint density at radius 3 is 2.26 bits per heavy atom. The van der Waals surface area contributed by atoms with Crippen molar-refractivity contribution < 1.29 is 14.7 Å². The Morgan fingerprint density at radius 2 is 1.83 bits per heavy atom. The van der Waals surface area contributed by atoms with Crippen LogP contribution in [0.15, 0.2) is 0 Å². The Labute approximate surface area is 140 Å². The summed E-state index contributed by atoms with van der Waals surface area (Å²) >= 11 is 0. The van der Waals surface area contributed by atoms with E-state index in [-0.39, 0.29) is 11.8 Å². The average molecular weight is 327 g/mol. The number of carboxylic acid groups (broad SMARTS) is 1. The standard InChI is InChI=1S/C17H33N3O3/c1-12(2)11-14(15(21)22)18-16(23)17(3,4)20(6)13-7-9-19(5)10-8-13/h12-14H,7-11H2,1-6H3,(H,18,23)(H,21,22). The first-order chi connectivity index (χ1) is 10.6. The third kappa shape index (κ3) is 5.46. The Balaban J connectivity index is 2.72. The van der Waals surface area contributed by atoms with Crippen LogP contribution in [0.1, 0.15) is 47.0 Å². The van der Waals surface area contributed by atoms with Gasteiger partial charge in [0.15, 0.2) is 0 Å². The molecule has 0 bridgehead atoms. The van der Waals surface area contributed by atoms with Crippen LogP contribution in [-0.4, -0.2) is 71.6 Å². The maximum absolute atomic E-state index is 12.7. The first-order valence-corrected chi connectivity index (χ1v) is 8.51. The number of aliphatic carboxylic acids is 1. The van der Waals surface area contributed by atoms with Crippen LogP contribution >= 0.6 is 0 Å². The number of carbonyl (C=O) groups excluding carboxylic acids is 1. The number of likely N-dealkylation sites (N-methyl/N-ethyl adjacent to an activating group) is 1. The SMILES string of the molecule is CC(C)CC(NC(=O)C(C)(C)N(C)C1CCN(C)CC1)C(=O)O. The Kier molecular flexibility index (Phi) is 7.02. The van der Waals surface area contributed by atoms with Crippen molar-refractivity contribution in [3.8, 4) is 0 Å². The molecular formula is C17H33N3O3. The van der Waals surface area contributed by atoms with E-state index in [1.165, 1.54) is 0 Å². The number of carboxylic acids is 1. The fraction of sp³-hybridized carbons (Fsp3) is 0.882. The van der Waals surface area contributed by atoms with E-state index >= 15 is 0 Å². The van der Waals surface area contributed by atoms with Crippen LogP contribution in [0.3, 0.4) is 0 Å². The van der Waals surface area contributed by atoms with Crippen molar-refractivity contribution in [3.05, 3.63) is 0 Å². The lowest BCUT2D eigenvalue weighted by Crippen LogP contribution is -2.60. The second kappa shape index (κ2) is 8.11. The zero-order valence-corrected chi connectivity index (χ0v) is 15.4. The molecule has 0 saturated carbocycles. The Hall–Kier alpha value is -1.14. The number of piperidine rings is 1. The summed E-state index contributed by atoms with van der Waals surface area (Å²) in [5.41, 5.74) is -0.731. The zero-order chi connectivity index (χ0) is 17.8. The zero-order valence-electron chi connectivity index (χ0n) is 15.4. The van der Waals surface area contributed by atoms with Crippen molar-refractivity contribution in [2.75, 3.05) is 27.2 Å². The number of hydrogen-bond acceptors (Lipinski definition) is 4. The highest BCUT2D eigenvalue weighted by Gasteiger charge is 2.38. The van der Waals surface area contributed by atoms with Gasteiger partial charge in [-0.15, -0.1) is 0 Å². The summed E-state index contributed by atoms with van der Waals surface area (Å²) < 4.78 is 0. The molecule has 6 nitrogen and oxygen atoms in total. The third-order valence-electron chi connectivity index (χ3n) is 4.98. The highest BCUT2D eigenvalue weighted by molar-refractivity contribution is 5.89. The van der Waals surface area contributed by atoms with Crippen LogP contribution in [0, 0.1) is 5.92 Å². The summed E-state index contributed by atoms with van der Waals surface area (Å²) in [6.45, 7) is 9.70. The van der Waals surface area contributed by atoms with Crippen LogP contribution in [-0.2, 0) is 9.59 Å². The minimum absolute atomic E-state index is 0.214. The van der Waals surface area contributed by atoms with Crippen LogP contribution in [0.2, 0.25) is 0 Å². The van der Waals surface area contributed by atoms with Crippen molar-refractivity contribution in [2.24, 2.45) is 5.92 Å². The number of rotatable bonds is 7. The Morgan fingerprint density at radius 1 is 1.30 bits per heavy atom. The quantitative estimate of drug-likeness (QED) is 0.739. The number of carbonyl (C=O) groups is 2. The molecule has 1 aliphatic rings. The van der Waals surface area contributed by atoms with E-state index in [9.17, 15) is 14.7 Å². The van der Waals surface area contributed by atoms with Crippen molar-refractivity contribution in [3.63, 3.8) is 0 Å². The van der Waals surface area contributed by atoms with Crippen molar-refractivity contribution in [2.45, 2.75) is 64.6 Å². The molecule has 1 saturated heterocycles. The van der Waals surface area contributed by atoms with Gasteiger partial charge >= 0.3 is 5.97 Å². The van der Waals surface area contributed by atoms with Gasteiger partial charge in [0, 0.05) is 6.04 Å². The first kappa shape index (κ1) is 19.9. The van der Waals surface area contributed by atoms with E-state index < -0.39 is 17.6 Å². The predicted molar refractivity (Wildman–Crippen MR) is 91.4 cm³/mol. The van der Waals surface area contributed by atoms with Gasteiger partial charge in [0.2, 0.25) is 5.91 Å². The van der Waals surface area contributed by atoms with E-state index in [1.54, 1.807) is 0 Å². The molecule has 2 N–H and O–H groups in total. The van der Waals surface area contributed by atoms with Gasteiger partial charge < -0.3 is 15.3 Å². The summed E-state index contributed by atoms with van der Waals surface area (Å²) in [5, 5.41) is 12.0. The number of nitrogens with zero attached hydrogens (tertiary/aromatic N) is 2. The largest absolute Gasteiger partial charge is 0.480 e. The van der Waals surface area contributed by atoms with E-state index in [0.29, 0.717) is 12.5 Å². The first-order valence-electron chi connectivity index (χ1n) is 8.51. The van der Waals surface area contributed by atoms with E-state index in [1.807, 2.05) is 34.7 Å². The molecule has 0 aliphatic carbocycles. The maximum atomic E-state index is 12.7. The normalized spacial score (nSPS) is 19.1. The van der Waals surface area contributed by atoms with Gasteiger partial charge in [-0.05, 0) is 66.2 Å². The van der Waals surface area contributed by atoms with Gasteiger partial charge in [-0.3, -0.25) is 9.69 Å². The maximum Gasteiger partial charge on any atom is 0.326 e. The molecule has 0 spiro atoms. The van der Waals surface area contributed by atoms with Crippen LogP contribution in [0.5, 0.6) is 0 Å². The van der Waals surface area contributed by atoms with E-state index in [2.05, 4.69) is 22.2 Å². The minimum Gasteiger partial charge on any atom is -0.480 e. The molecule has 0 aromatic heterocycles. The molecule has 1 heterocycles. The van der Waals surface area contributed by atoms with E-state index in [0.717, 1.165) is 25.9 Å². The molecule has 0 aromatic carbocycles. The minimum atomic E-state index is -0.968. The molecule has 134 valence electrons. The van der Waals surface area contributed by atoms with Crippen molar-refractivity contribution in [1.29, 1.82) is 0 Å². The van der Waals surface area contributed by atoms with Gasteiger partial charge in [-0.2, -0.15) is 0 Å². The summed E-state index contributed by atoms with van der Waals surface area (Å²) in [5.74, 6) is -0.970. The van der Waals surface area contributed by atoms with Crippen LogP contribution < -0.4 is 5.32 Å².